The lowest BCUT2D eigenvalue weighted by molar-refractivity contribution is -0.143. The fourth-order valence-corrected chi connectivity index (χ4v) is 3.59. The Morgan fingerprint density at radius 1 is 1.19 bits per heavy atom. The Balaban J connectivity index is 2.18. The second-order valence-electron chi connectivity index (χ2n) is 6.23. The molecule has 21 heavy (non-hydrogen) atoms. The quantitative estimate of drug-likeness (QED) is 0.874. The van der Waals surface area contributed by atoms with Crippen molar-refractivity contribution in [1.82, 2.24) is 4.90 Å². The summed E-state index contributed by atoms with van der Waals surface area (Å²) < 4.78 is 0. The van der Waals surface area contributed by atoms with Gasteiger partial charge in [-0.3, -0.25) is 4.79 Å². The SMILES string of the molecule is CCCC(CN)(CCC)C(=O)N1CCc2ccccc2C1. The van der Waals surface area contributed by atoms with Crippen molar-refractivity contribution in [2.24, 2.45) is 11.1 Å². The van der Waals surface area contributed by atoms with Crippen LogP contribution in [0.2, 0.25) is 0 Å². The molecule has 116 valence electrons. The van der Waals surface area contributed by atoms with Crippen molar-refractivity contribution in [3.05, 3.63) is 35.4 Å². The highest BCUT2D eigenvalue weighted by Crippen LogP contribution is 2.33. The van der Waals surface area contributed by atoms with Gasteiger partial charge in [-0.25, -0.2) is 0 Å². The molecule has 3 heteroatoms. The van der Waals surface area contributed by atoms with E-state index in [1.54, 1.807) is 0 Å². The van der Waals surface area contributed by atoms with Gasteiger partial charge < -0.3 is 10.6 Å². The summed E-state index contributed by atoms with van der Waals surface area (Å²) in [6.07, 6.45) is 4.77. The zero-order valence-electron chi connectivity index (χ0n) is 13.4. The first kappa shape index (κ1) is 16.0. The molecule has 1 aliphatic rings. The van der Waals surface area contributed by atoms with Crippen LogP contribution in [-0.2, 0) is 17.8 Å². The summed E-state index contributed by atoms with van der Waals surface area (Å²) in [6.45, 7) is 6.30. The van der Waals surface area contributed by atoms with Gasteiger partial charge in [-0.2, -0.15) is 0 Å². The first-order chi connectivity index (χ1) is 10.2. The third-order valence-corrected chi connectivity index (χ3v) is 4.72. The molecule has 0 spiro atoms. The maximum Gasteiger partial charge on any atom is 0.230 e. The van der Waals surface area contributed by atoms with E-state index in [1.807, 2.05) is 4.90 Å². The van der Waals surface area contributed by atoms with Crippen LogP contribution in [0.4, 0.5) is 0 Å². The normalized spacial score (nSPS) is 14.9. The first-order valence-corrected chi connectivity index (χ1v) is 8.23. The Kier molecular flexibility index (Phi) is 5.40. The Morgan fingerprint density at radius 3 is 2.38 bits per heavy atom. The summed E-state index contributed by atoms with van der Waals surface area (Å²) in [7, 11) is 0. The van der Waals surface area contributed by atoms with Gasteiger partial charge in [0.25, 0.3) is 0 Å². The van der Waals surface area contributed by atoms with E-state index < -0.39 is 0 Å². The van der Waals surface area contributed by atoms with Crippen molar-refractivity contribution >= 4 is 5.91 Å². The molecule has 0 bridgehead atoms. The summed E-state index contributed by atoms with van der Waals surface area (Å²) in [6, 6.07) is 8.44. The van der Waals surface area contributed by atoms with Crippen molar-refractivity contribution in [3.63, 3.8) is 0 Å². The number of benzene rings is 1. The molecule has 0 radical (unpaired) electrons. The molecule has 1 heterocycles. The lowest BCUT2D eigenvalue weighted by Gasteiger charge is -2.38. The number of carbonyl (C=O) groups excluding carboxylic acids is 1. The maximum atomic E-state index is 13.1. The molecular formula is C18H28N2O. The fourth-order valence-electron chi connectivity index (χ4n) is 3.59. The van der Waals surface area contributed by atoms with E-state index in [-0.39, 0.29) is 11.3 Å². The molecule has 0 saturated carbocycles. The summed E-state index contributed by atoms with van der Waals surface area (Å²) >= 11 is 0. The van der Waals surface area contributed by atoms with E-state index in [9.17, 15) is 4.79 Å². The average Bonchev–Trinajstić information content (AvgIpc) is 2.53. The third kappa shape index (κ3) is 3.29. The molecule has 3 nitrogen and oxygen atoms in total. The van der Waals surface area contributed by atoms with Crippen LogP contribution >= 0.6 is 0 Å². The Morgan fingerprint density at radius 2 is 1.81 bits per heavy atom. The van der Waals surface area contributed by atoms with E-state index >= 15 is 0 Å². The standard InChI is InChI=1S/C18H28N2O/c1-3-10-18(14-19,11-4-2)17(21)20-12-9-15-7-5-6-8-16(15)13-20/h5-8H,3-4,9-14,19H2,1-2H3. The highest BCUT2D eigenvalue weighted by molar-refractivity contribution is 5.83. The molecule has 2 N–H and O–H groups in total. The molecule has 0 fully saturated rings. The van der Waals surface area contributed by atoms with Crippen LogP contribution in [0.3, 0.4) is 0 Å². The van der Waals surface area contributed by atoms with Crippen LogP contribution in [0, 0.1) is 5.41 Å². The van der Waals surface area contributed by atoms with Gasteiger partial charge in [0.05, 0.1) is 5.41 Å². The predicted molar refractivity (Wildman–Crippen MR) is 86.9 cm³/mol. The number of carbonyl (C=O) groups is 1. The molecule has 1 aromatic carbocycles. The third-order valence-electron chi connectivity index (χ3n) is 4.72. The first-order valence-electron chi connectivity index (χ1n) is 8.23. The van der Waals surface area contributed by atoms with Crippen LogP contribution in [0.1, 0.15) is 50.7 Å². The van der Waals surface area contributed by atoms with Gasteiger partial charge in [0.1, 0.15) is 0 Å². The zero-order chi connectivity index (χ0) is 15.3. The molecule has 0 aliphatic carbocycles. The van der Waals surface area contributed by atoms with Gasteiger partial charge in [0, 0.05) is 19.6 Å². The molecule has 0 unspecified atom stereocenters. The molecule has 2 rings (SSSR count). The lowest BCUT2D eigenvalue weighted by atomic mass is 9.77. The van der Waals surface area contributed by atoms with Gasteiger partial charge in [-0.1, -0.05) is 51.0 Å². The number of fused-ring (bicyclic) bond motifs is 1. The smallest absolute Gasteiger partial charge is 0.230 e. The predicted octanol–water partition coefficient (Wildman–Crippen LogP) is 3.12. The van der Waals surface area contributed by atoms with Crippen molar-refractivity contribution in [2.75, 3.05) is 13.1 Å². The van der Waals surface area contributed by atoms with Crippen molar-refractivity contribution < 1.29 is 4.79 Å². The Bertz CT molecular complexity index is 478. The van der Waals surface area contributed by atoms with Crippen LogP contribution in [-0.4, -0.2) is 23.9 Å². The van der Waals surface area contributed by atoms with Gasteiger partial charge in [-0.15, -0.1) is 0 Å². The summed E-state index contributed by atoms with van der Waals surface area (Å²) in [4.78, 5) is 15.1. The number of hydrogen-bond donors (Lipinski definition) is 1. The number of rotatable bonds is 6. The Labute approximate surface area is 128 Å². The van der Waals surface area contributed by atoms with Crippen LogP contribution in [0.25, 0.3) is 0 Å². The largest absolute Gasteiger partial charge is 0.338 e. The Hall–Kier alpha value is -1.35. The van der Waals surface area contributed by atoms with Crippen molar-refractivity contribution in [1.29, 1.82) is 0 Å². The van der Waals surface area contributed by atoms with Gasteiger partial charge >= 0.3 is 0 Å². The zero-order valence-corrected chi connectivity index (χ0v) is 13.4. The number of nitrogens with two attached hydrogens (primary N) is 1. The van der Waals surface area contributed by atoms with Gasteiger partial charge in [0.15, 0.2) is 0 Å². The molecule has 0 saturated heterocycles. The summed E-state index contributed by atoms with van der Waals surface area (Å²) in [5, 5.41) is 0. The highest BCUT2D eigenvalue weighted by atomic mass is 16.2. The van der Waals surface area contributed by atoms with E-state index in [4.69, 9.17) is 5.73 Å². The molecular weight excluding hydrogens is 260 g/mol. The second kappa shape index (κ2) is 7.08. The van der Waals surface area contributed by atoms with Crippen LogP contribution in [0.5, 0.6) is 0 Å². The fraction of sp³-hybridized carbons (Fsp3) is 0.611. The summed E-state index contributed by atoms with van der Waals surface area (Å²) in [5.74, 6) is 0.267. The molecule has 0 atom stereocenters. The van der Waals surface area contributed by atoms with E-state index in [1.165, 1.54) is 11.1 Å². The van der Waals surface area contributed by atoms with Crippen LogP contribution < -0.4 is 5.73 Å². The number of hydrogen-bond acceptors (Lipinski definition) is 2. The topological polar surface area (TPSA) is 46.3 Å². The molecule has 1 amide bonds. The highest BCUT2D eigenvalue weighted by Gasteiger charge is 2.39. The minimum atomic E-state index is -0.351. The van der Waals surface area contributed by atoms with Crippen LogP contribution in [0.15, 0.2) is 24.3 Å². The monoisotopic (exact) mass is 288 g/mol. The molecule has 1 aromatic rings. The number of amides is 1. The van der Waals surface area contributed by atoms with Gasteiger partial charge in [-0.05, 0) is 30.4 Å². The summed E-state index contributed by atoms with van der Waals surface area (Å²) in [5.41, 5.74) is 8.35. The average molecular weight is 288 g/mol. The lowest BCUT2D eigenvalue weighted by Crippen LogP contribution is -2.49. The number of nitrogens with zero attached hydrogens (tertiary/aromatic N) is 1. The van der Waals surface area contributed by atoms with Gasteiger partial charge in [0.2, 0.25) is 5.91 Å². The second-order valence-corrected chi connectivity index (χ2v) is 6.23. The molecule has 0 aromatic heterocycles. The van der Waals surface area contributed by atoms with E-state index in [2.05, 4.69) is 38.1 Å². The maximum absolute atomic E-state index is 13.1. The minimum absolute atomic E-state index is 0.267. The van der Waals surface area contributed by atoms with E-state index in [0.717, 1.165) is 45.2 Å². The van der Waals surface area contributed by atoms with Crippen molar-refractivity contribution in [3.8, 4) is 0 Å². The minimum Gasteiger partial charge on any atom is -0.338 e. The van der Waals surface area contributed by atoms with Crippen molar-refractivity contribution in [2.45, 2.75) is 52.5 Å². The van der Waals surface area contributed by atoms with E-state index in [0.29, 0.717) is 6.54 Å². The molecule has 1 aliphatic heterocycles.